The highest BCUT2D eigenvalue weighted by Crippen LogP contribution is 2.05. The highest BCUT2D eigenvalue weighted by Gasteiger charge is 2.02. The lowest BCUT2D eigenvalue weighted by atomic mass is 10.3. The molecule has 4 N–H and O–H groups in total. The summed E-state index contributed by atoms with van der Waals surface area (Å²) in [5, 5.41) is 0. The first-order valence-corrected chi connectivity index (χ1v) is 9.76. The molecule has 0 amide bonds. The second-order valence-corrected chi connectivity index (χ2v) is 5.72. The minimum atomic E-state index is -0.517. The number of nitrogens with one attached hydrogen (secondary N) is 4. The lowest BCUT2D eigenvalue weighted by Crippen LogP contribution is -2.26. The molecule has 0 saturated heterocycles. The Labute approximate surface area is 158 Å². The maximum absolute atomic E-state index is 11.1. The summed E-state index contributed by atoms with van der Waals surface area (Å²) in [7, 11) is 0. The van der Waals surface area contributed by atoms with Crippen LogP contribution < -0.4 is 22.5 Å². The number of H-pyrrole nitrogens is 4. The van der Waals surface area contributed by atoms with Crippen LogP contribution in [0.25, 0.3) is 0 Å². The first-order chi connectivity index (χ1) is 11.8. The van der Waals surface area contributed by atoms with Crippen LogP contribution in [-0.2, 0) is 11.6 Å². The van der Waals surface area contributed by atoms with Crippen molar-refractivity contribution < 1.29 is 0 Å². The molecule has 11 heteroatoms. The molecule has 0 aromatic carbocycles. The van der Waals surface area contributed by atoms with Crippen LogP contribution in [0.2, 0.25) is 0 Å². The van der Waals surface area contributed by atoms with Gasteiger partial charge in [-0.15, -0.1) is 11.6 Å². The zero-order valence-electron chi connectivity index (χ0n) is 14.3. The Kier molecular flexibility index (Phi) is 11.0. The van der Waals surface area contributed by atoms with Gasteiger partial charge in [0.25, 0.3) is 11.1 Å². The van der Waals surface area contributed by atoms with Crippen molar-refractivity contribution in [2.75, 3.05) is 12.5 Å². The quantitative estimate of drug-likeness (QED) is 0.380. The molecular formula is C14H21ClN4O4S2. The molecule has 0 atom stereocenters. The van der Waals surface area contributed by atoms with Gasteiger partial charge < -0.3 is 9.97 Å². The molecule has 8 nitrogen and oxygen atoms in total. The molecule has 2 aromatic rings. The van der Waals surface area contributed by atoms with Crippen LogP contribution in [-0.4, -0.2) is 32.4 Å². The van der Waals surface area contributed by atoms with Gasteiger partial charge in [-0.2, -0.15) is 24.4 Å². The summed E-state index contributed by atoms with van der Waals surface area (Å²) >= 11 is 10.5. The van der Waals surface area contributed by atoms with E-state index in [1.165, 1.54) is 0 Å². The highest BCUT2D eigenvalue weighted by molar-refractivity contribution is 7.97. The second kappa shape index (κ2) is 11.8. The van der Waals surface area contributed by atoms with E-state index in [4.69, 9.17) is 11.6 Å². The van der Waals surface area contributed by atoms with Gasteiger partial charge in [-0.1, -0.05) is 0 Å². The van der Waals surface area contributed by atoms with Crippen molar-refractivity contribution in [2.45, 2.75) is 25.5 Å². The van der Waals surface area contributed by atoms with Gasteiger partial charge in [0.05, 0.1) is 5.88 Å². The standard InChI is InChI=1S/C7H10N2O2S.C6H7ClN2O2.CH4S/c1-4-5(3-12-2)8-7(11)9-6(4)10;1-3-4(2-7)8-6(11)9-5(3)10;1-2/h3H2,1-2H3,(H2,8,9,10,11);2H2,1H3,(H2,8,9,10,11);2H,1H3. The average Bonchev–Trinajstić information content (AvgIpc) is 2.58. The Morgan fingerprint density at radius 2 is 1.24 bits per heavy atom. The molecule has 0 aliphatic rings. The summed E-state index contributed by atoms with van der Waals surface area (Å²) in [4.78, 5) is 52.7. The molecular weight excluding hydrogens is 388 g/mol. The van der Waals surface area contributed by atoms with E-state index < -0.39 is 11.4 Å². The predicted octanol–water partition coefficient (Wildman–Crippen LogP) is 0.891. The van der Waals surface area contributed by atoms with Crippen molar-refractivity contribution in [1.29, 1.82) is 0 Å². The van der Waals surface area contributed by atoms with E-state index in [0.717, 1.165) is 0 Å². The van der Waals surface area contributed by atoms with Crippen LogP contribution in [0.15, 0.2) is 19.2 Å². The van der Waals surface area contributed by atoms with Gasteiger partial charge in [-0.05, 0) is 26.4 Å². The SMILES string of the molecule is CS.CSCc1[nH]c(=O)[nH]c(=O)c1C.Cc1c(CCl)[nH]c(=O)[nH]c1=O. The molecule has 0 fully saturated rings. The third-order valence-electron chi connectivity index (χ3n) is 2.99. The minimum absolute atomic E-state index is 0.144. The van der Waals surface area contributed by atoms with Gasteiger partial charge in [0.15, 0.2) is 0 Å². The van der Waals surface area contributed by atoms with Gasteiger partial charge in [-0.25, -0.2) is 9.59 Å². The topological polar surface area (TPSA) is 131 Å². The molecule has 0 aliphatic carbocycles. The molecule has 0 bridgehead atoms. The van der Waals surface area contributed by atoms with Crippen LogP contribution in [0, 0.1) is 13.8 Å². The number of alkyl halides is 1. The van der Waals surface area contributed by atoms with Gasteiger partial charge in [0, 0.05) is 28.3 Å². The van der Waals surface area contributed by atoms with Crippen LogP contribution in [0.5, 0.6) is 0 Å². The number of thiol groups is 1. The van der Waals surface area contributed by atoms with E-state index in [9.17, 15) is 19.2 Å². The third-order valence-corrected chi connectivity index (χ3v) is 3.84. The molecule has 2 aromatic heterocycles. The number of hydrogen-bond acceptors (Lipinski definition) is 6. The van der Waals surface area contributed by atoms with Crippen molar-refractivity contribution in [3.8, 4) is 0 Å². The maximum atomic E-state index is 11.1. The summed E-state index contributed by atoms with van der Waals surface area (Å²) in [5.74, 6) is 0.802. The summed E-state index contributed by atoms with van der Waals surface area (Å²) in [5.41, 5.74) is 0.582. The maximum Gasteiger partial charge on any atom is 0.325 e. The van der Waals surface area contributed by atoms with Gasteiger partial charge >= 0.3 is 11.4 Å². The lowest BCUT2D eigenvalue weighted by Gasteiger charge is -2.00. The van der Waals surface area contributed by atoms with Gasteiger partial charge in [-0.3, -0.25) is 19.6 Å². The van der Waals surface area contributed by atoms with E-state index in [1.54, 1.807) is 31.9 Å². The van der Waals surface area contributed by atoms with Crippen molar-refractivity contribution in [3.63, 3.8) is 0 Å². The molecule has 0 radical (unpaired) electrons. The molecule has 0 unspecified atom stereocenters. The lowest BCUT2D eigenvalue weighted by molar-refractivity contribution is 0.953. The summed E-state index contributed by atoms with van der Waals surface area (Å²) in [6, 6.07) is 0. The number of aromatic nitrogens is 4. The molecule has 140 valence electrons. The Morgan fingerprint density at radius 1 is 0.840 bits per heavy atom. The Morgan fingerprint density at radius 3 is 1.64 bits per heavy atom. The van der Waals surface area contributed by atoms with Crippen LogP contribution in [0.1, 0.15) is 22.5 Å². The number of halogens is 1. The fraction of sp³-hybridized carbons (Fsp3) is 0.429. The molecule has 25 heavy (non-hydrogen) atoms. The summed E-state index contributed by atoms with van der Waals surface area (Å²) < 4.78 is 0. The molecule has 0 saturated carbocycles. The first-order valence-electron chi connectivity index (χ1n) is 6.94. The van der Waals surface area contributed by atoms with Crippen molar-refractivity contribution in [1.82, 2.24) is 19.9 Å². The number of hydrogen-bond donors (Lipinski definition) is 5. The smallest absolute Gasteiger partial charge is 0.310 e. The monoisotopic (exact) mass is 408 g/mol. The number of thioether (sulfide) groups is 1. The average molecular weight is 409 g/mol. The van der Waals surface area contributed by atoms with Gasteiger partial charge in [0.1, 0.15) is 0 Å². The van der Waals surface area contributed by atoms with Crippen molar-refractivity contribution >= 4 is 36.0 Å². The highest BCUT2D eigenvalue weighted by atomic mass is 35.5. The van der Waals surface area contributed by atoms with Crippen LogP contribution in [0.4, 0.5) is 0 Å². The second-order valence-electron chi connectivity index (χ2n) is 4.59. The number of aromatic amines is 4. The van der Waals surface area contributed by atoms with Crippen molar-refractivity contribution in [2.24, 2.45) is 0 Å². The molecule has 0 aliphatic heterocycles. The Balaban J connectivity index is 0.000000421. The van der Waals surface area contributed by atoms with E-state index in [0.29, 0.717) is 28.3 Å². The normalized spacial score (nSPS) is 9.52. The van der Waals surface area contributed by atoms with E-state index in [-0.39, 0.29) is 17.0 Å². The Bertz CT molecular complexity index is 901. The van der Waals surface area contributed by atoms with Crippen molar-refractivity contribution in [3.05, 3.63) is 64.2 Å². The molecule has 2 rings (SSSR count). The zero-order chi connectivity index (χ0) is 19.6. The summed E-state index contributed by atoms with van der Waals surface area (Å²) in [6.45, 7) is 3.30. The third kappa shape index (κ3) is 7.41. The van der Waals surface area contributed by atoms with Crippen LogP contribution >= 0.6 is 36.0 Å². The Hall–Kier alpha value is -1.65. The summed E-state index contributed by atoms with van der Waals surface area (Å²) in [6.07, 6.45) is 3.61. The van der Waals surface area contributed by atoms with E-state index >= 15 is 0 Å². The van der Waals surface area contributed by atoms with E-state index in [2.05, 4.69) is 32.6 Å². The van der Waals surface area contributed by atoms with E-state index in [1.807, 2.05) is 6.26 Å². The zero-order valence-corrected chi connectivity index (χ0v) is 16.7. The number of rotatable bonds is 3. The largest absolute Gasteiger partial charge is 0.325 e. The fourth-order valence-corrected chi connectivity index (χ4v) is 2.46. The minimum Gasteiger partial charge on any atom is -0.310 e. The predicted molar refractivity (Wildman–Crippen MR) is 107 cm³/mol. The molecule has 2 heterocycles. The molecule has 0 spiro atoms. The first kappa shape index (κ1) is 23.4. The van der Waals surface area contributed by atoms with Crippen LogP contribution in [0.3, 0.4) is 0 Å². The fourth-order valence-electron chi connectivity index (χ4n) is 1.61. The van der Waals surface area contributed by atoms with Gasteiger partial charge in [0.2, 0.25) is 0 Å².